The number of hydrogen-bond acceptors (Lipinski definition) is 5. The number of nitrogens with one attached hydrogen (secondary N) is 1. The summed E-state index contributed by atoms with van der Waals surface area (Å²) in [5.41, 5.74) is 1.64. The molecule has 0 bridgehead atoms. The van der Waals surface area contributed by atoms with E-state index in [1.807, 2.05) is 31.2 Å². The molecule has 2 rings (SSSR count). The first-order chi connectivity index (χ1) is 11.9. The Morgan fingerprint density at radius 3 is 2.56 bits per heavy atom. The Morgan fingerprint density at radius 1 is 1.32 bits per heavy atom. The second kappa shape index (κ2) is 8.62. The Hall–Kier alpha value is -2.41. The molecule has 0 aliphatic heterocycles. The number of carbonyl (C=O) groups is 2. The first-order valence-corrected chi connectivity index (χ1v) is 8.85. The smallest absolute Gasteiger partial charge is 0.347 e. The lowest BCUT2D eigenvalue weighted by Gasteiger charge is -2.11. The van der Waals surface area contributed by atoms with E-state index in [2.05, 4.69) is 10.3 Å². The van der Waals surface area contributed by atoms with Gasteiger partial charge in [-0.25, -0.2) is 9.78 Å². The summed E-state index contributed by atoms with van der Waals surface area (Å²) in [6.45, 7) is 3.47. The highest BCUT2D eigenvalue weighted by atomic mass is 32.1. The lowest BCUT2D eigenvalue weighted by molar-refractivity contribution is -0.121. The van der Waals surface area contributed by atoms with E-state index in [0.29, 0.717) is 17.1 Å². The molecule has 0 spiro atoms. The number of nitrogens with zero attached hydrogens (tertiary/aromatic N) is 1. The van der Waals surface area contributed by atoms with Crippen LogP contribution in [0.3, 0.4) is 0 Å². The van der Waals surface area contributed by atoms with Crippen molar-refractivity contribution in [2.45, 2.75) is 39.2 Å². The first kappa shape index (κ1) is 18.9. The molecule has 0 fully saturated rings. The van der Waals surface area contributed by atoms with Crippen LogP contribution in [0.2, 0.25) is 0 Å². The number of carboxylic acids is 1. The highest BCUT2D eigenvalue weighted by molar-refractivity contribution is 7.13. The third-order valence-corrected chi connectivity index (χ3v) is 5.11. The first-order valence-electron chi connectivity index (χ1n) is 8.03. The second-order valence-electron chi connectivity index (χ2n) is 5.76. The van der Waals surface area contributed by atoms with Gasteiger partial charge < -0.3 is 15.2 Å². The molecule has 2 N–H and O–H groups in total. The van der Waals surface area contributed by atoms with E-state index in [0.717, 1.165) is 35.5 Å². The Labute approximate surface area is 150 Å². The van der Waals surface area contributed by atoms with Gasteiger partial charge in [-0.2, -0.15) is 0 Å². The molecule has 1 aromatic carbocycles. The molecular formula is C18H22N2O4S. The maximum absolute atomic E-state index is 12.1. The van der Waals surface area contributed by atoms with Gasteiger partial charge in [0, 0.05) is 6.42 Å². The Balaban J connectivity index is 1.81. The molecule has 134 valence electrons. The van der Waals surface area contributed by atoms with Crippen LogP contribution in [0, 0.1) is 6.92 Å². The van der Waals surface area contributed by atoms with E-state index in [-0.39, 0.29) is 16.8 Å². The van der Waals surface area contributed by atoms with E-state index < -0.39 is 5.97 Å². The number of amides is 1. The quantitative estimate of drug-likeness (QED) is 0.752. The number of ether oxygens (including phenoxy) is 1. The molecule has 0 radical (unpaired) electrons. The zero-order chi connectivity index (χ0) is 18.4. The van der Waals surface area contributed by atoms with Crippen molar-refractivity contribution in [1.29, 1.82) is 0 Å². The molecule has 0 aliphatic rings. The Morgan fingerprint density at radius 2 is 2.00 bits per heavy atom. The Bertz CT molecular complexity index is 740. The van der Waals surface area contributed by atoms with Crippen molar-refractivity contribution in [3.63, 3.8) is 0 Å². The average Bonchev–Trinajstić information content (AvgIpc) is 2.97. The molecule has 7 heteroatoms. The molecule has 1 amide bonds. The molecular weight excluding hydrogens is 340 g/mol. The number of aromatic carboxylic acids is 1. The van der Waals surface area contributed by atoms with Crippen molar-refractivity contribution >= 4 is 23.2 Å². The average molecular weight is 362 g/mol. The van der Waals surface area contributed by atoms with Gasteiger partial charge in [-0.05, 0) is 44.4 Å². The van der Waals surface area contributed by atoms with Crippen LogP contribution < -0.4 is 10.1 Å². The lowest BCUT2D eigenvalue weighted by Crippen LogP contribution is -2.26. The summed E-state index contributed by atoms with van der Waals surface area (Å²) in [7, 11) is 1.63. The van der Waals surface area contributed by atoms with Crippen molar-refractivity contribution in [3.05, 3.63) is 45.4 Å². The normalized spacial score (nSPS) is 11.8. The fraction of sp³-hybridized carbons (Fsp3) is 0.389. The minimum Gasteiger partial charge on any atom is -0.497 e. The van der Waals surface area contributed by atoms with Crippen molar-refractivity contribution in [1.82, 2.24) is 10.3 Å². The second-order valence-corrected chi connectivity index (χ2v) is 6.79. The fourth-order valence-corrected chi connectivity index (χ4v) is 3.33. The summed E-state index contributed by atoms with van der Waals surface area (Å²) in [4.78, 5) is 27.6. The van der Waals surface area contributed by atoms with Crippen molar-refractivity contribution < 1.29 is 19.4 Å². The van der Waals surface area contributed by atoms with Crippen molar-refractivity contribution in [3.8, 4) is 5.75 Å². The highest BCUT2D eigenvalue weighted by Gasteiger charge is 2.19. The van der Waals surface area contributed by atoms with Crippen LogP contribution in [-0.4, -0.2) is 29.1 Å². The number of benzene rings is 1. The van der Waals surface area contributed by atoms with Crippen LogP contribution in [-0.2, 0) is 11.2 Å². The maximum atomic E-state index is 12.1. The highest BCUT2D eigenvalue weighted by Crippen LogP contribution is 2.23. The zero-order valence-electron chi connectivity index (χ0n) is 14.5. The van der Waals surface area contributed by atoms with Crippen LogP contribution in [0.15, 0.2) is 24.3 Å². The van der Waals surface area contributed by atoms with Crippen molar-refractivity contribution in [2.24, 2.45) is 0 Å². The summed E-state index contributed by atoms with van der Waals surface area (Å²) >= 11 is 1.10. The van der Waals surface area contributed by atoms with E-state index in [1.54, 1.807) is 14.0 Å². The molecule has 1 heterocycles. The fourth-order valence-electron chi connectivity index (χ4n) is 2.42. The van der Waals surface area contributed by atoms with Crippen LogP contribution in [0.1, 0.15) is 51.7 Å². The number of carbonyl (C=O) groups excluding carboxylic acids is 1. The van der Waals surface area contributed by atoms with Gasteiger partial charge >= 0.3 is 5.97 Å². The van der Waals surface area contributed by atoms with Crippen LogP contribution in [0.5, 0.6) is 5.75 Å². The number of hydrogen-bond donors (Lipinski definition) is 2. The van der Waals surface area contributed by atoms with Gasteiger partial charge in [0.15, 0.2) is 0 Å². The van der Waals surface area contributed by atoms with E-state index >= 15 is 0 Å². The van der Waals surface area contributed by atoms with Gasteiger partial charge in [0.05, 0.1) is 18.8 Å². The molecule has 1 atom stereocenters. The summed E-state index contributed by atoms with van der Waals surface area (Å²) in [5, 5.41) is 12.6. The predicted molar refractivity (Wildman–Crippen MR) is 96.3 cm³/mol. The van der Waals surface area contributed by atoms with Gasteiger partial charge in [-0.1, -0.05) is 12.1 Å². The number of methoxy groups -OCH3 is 1. The van der Waals surface area contributed by atoms with Crippen LogP contribution in [0.4, 0.5) is 0 Å². The molecule has 25 heavy (non-hydrogen) atoms. The summed E-state index contributed by atoms with van der Waals surface area (Å²) < 4.78 is 5.12. The van der Waals surface area contributed by atoms with Gasteiger partial charge in [0.1, 0.15) is 15.6 Å². The molecule has 0 aliphatic carbocycles. The summed E-state index contributed by atoms with van der Waals surface area (Å²) in [6, 6.07) is 7.49. The van der Waals surface area contributed by atoms with E-state index in [9.17, 15) is 9.59 Å². The third kappa shape index (κ3) is 5.29. The standard InChI is InChI=1S/C18H22N2O4S/c1-11-16(18(22)23)25-17(20-11)12(2)19-15(21)6-4-5-13-7-9-14(24-3)10-8-13/h7-10,12H,4-6H2,1-3H3,(H,19,21)(H,22,23). The molecule has 0 saturated heterocycles. The van der Waals surface area contributed by atoms with E-state index in [1.165, 1.54) is 0 Å². The SMILES string of the molecule is COc1ccc(CCCC(=O)NC(C)c2nc(C)c(C(=O)O)s2)cc1. The minimum atomic E-state index is -0.987. The minimum absolute atomic E-state index is 0.0641. The molecule has 2 aromatic rings. The monoisotopic (exact) mass is 362 g/mol. The lowest BCUT2D eigenvalue weighted by atomic mass is 10.1. The number of aromatic nitrogens is 1. The summed E-state index contributed by atoms with van der Waals surface area (Å²) in [5.74, 6) is -0.236. The molecule has 6 nitrogen and oxygen atoms in total. The maximum Gasteiger partial charge on any atom is 0.347 e. The third-order valence-electron chi connectivity index (χ3n) is 3.78. The van der Waals surface area contributed by atoms with Crippen LogP contribution in [0.25, 0.3) is 0 Å². The number of carboxylic acid groups (broad SMARTS) is 1. The largest absolute Gasteiger partial charge is 0.497 e. The topological polar surface area (TPSA) is 88.5 Å². The molecule has 0 saturated carbocycles. The summed E-state index contributed by atoms with van der Waals surface area (Å²) in [6.07, 6.45) is 1.96. The van der Waals surface area contributed by atoms with Gasteiger partial charge in [-0.3, -0.25) is 4.79 Å². The Kier molecular flexibility index (Phi) is 6.52. The van der Waals surface area contributed by atoms with Crippen LogP contribution >= 0.6 is 11.3 Å². The molecule has 1 aromatic heterocycles. The van der Waals surface area contributed by atoms with Gasteiger partial charge in [0.25, 0.3) is 0 Å². The van der Waals surface area contributed by atoms with Gasteiger partial charge in [0.2, 0.25) is 5.91 Å². The predicted octanol–water partition coefficient (Wildman–Crippen LogP) is 3.36. The number of thiazole rings is 1. The number of aryl methyl sites for hydroxylation is 2. The number of rotatable bonds is 8. The van der Waals surface area contributed by atoms with Gasteiger partial charge in [-0.15, -0.1) is 11.3 Å². The zero-order valence-corrected chi connectivity index (χ0v) is 15.4. The van der Waals surface area contributed by atoms with E-state index in [4.69, 9.17) is 9.84 Å². The molecule has 1 unspecified atom stereocenters. The van der Waals surface area contributed by atoms with Crippen molar-refractivity contribution in [2.75, 3.05) is 7.11 Å².